The van der Waals surface area contributed by atoms with Crippen LogP contribution in [-0.4, -0.2) is 28.5 Å². The molecular weight excluding hydrogens is 350 g/mol. The van der Waals surface area contributed by atoms with Crippen LogP contribution in [-0.2, 0) is 4.79 Å². The van der Waals surface area contributed by atoms with Crippen LogP contribution in [0.15, 0.2) is 36.7 Å². The van der Waals surface area contributed by atoms with Gasteiger partial charge in [0.15, 0.2) is 0 Å². The normalized spacial score (nSPS) is 12.1. The van der Waals surface area contributed by atoms with Gasteiger partial charge in [-0.3, -0.25) is 9.78 Å². The molecule has 2 aromatic heterocycles. The molecule has 0 saturated heterocycles. The van der Waals surface area contributed by atoms with Crippen LogP contribution in [0, 0.1) is 13.8 Å². The molecule has 0 radical (unpaired) electrons. The van der Waals surface area contributed by atoms with Crippen molar-refractivity contribution < 1.29 is 14.7 Å². The first kappa shape index (κ1) is 18.0. The lowest BCUT2D eigenvalue weighted by atomic mass is 9.88. The molecule has 0 bridgehead atoms. The van der Waals surface area contributed by atoms with Crippen LogP contribution in [0.1, 0.15) is 33.0 Å². The molecule has 0 fully saturated rings. The Morgan fingerprint density at radius 3 is 2.54 bits per heavy atom. The summed E-state index contributed by atoms with van der Waals surface area (Å²) in [5.74, 6) is -1.75. The molecule has 6 nitrogen and oxygen atoms in total. The predicted octanol–water partition coefficient (Wildman–Crippen LogP) is 3.29. The molecule has 3 rings (SSSR count). The third kappa shape index (κ3) is 3.44. The van der Waals surface area contributed by atoms with Crippen molar-refractivity contribution in [3.63, 3.8) is 0 Å². The molecule has 0 aliphatic heterocycles. The van der Waals surface area contributed by atoms with Gasteiger partial charge in [-0.25, -0.2) is 4.79 Å². The molecule has 134 valence electrons. The van der Waals surface area contributed by atoms with Gasteiger partial charge in [-0.15, -0.1) is 11.3 Å². The van der Waals surface area contributed by atoms with E-state index in [1.54, 1.807) is 38.4 Å². The molecule has 0 spiro atoms. The Kier molecular flexibility index (Phi) is 5.01. The zero-order valence-corrected chi connectivity index (χ0v) is 15.3. The Morgan fingerprint density at radius 1 is 1.27 bits per heavy atom. The second-order valence-electron chi connectivity index (χ2n) is 6.13. The highest BCUT2D eigenvalue weighted by atomic mass is 32.1. The summed E-state index contributed by atoms with van der Waals surface area (Å²) in [4.78, 5) is 28.1. The van der Waals surface area contributed by atoms with Crippen molar-refractivity contribution in [2.24, 2.45) is 5.73 Å². The lowest BCUT2D eigenvalue weighted by Crippen LogP contribution is -2.28. The van der Waals surface area contributed by atoms with Crippen LogP contribution in [0.5, 0.6) is 0 Å². The summed E-state index contributed by atoms with van der Waals surface area (Å²) < 4.78 is 0.991. The van der Waals surface area contributed by atoms with Crippen LogP contribution in [0.25, 0.3) is 10.1 Å². The second-order valence-corrected chi connectivity index (χ2v) is 7.21. The minimum atomic E-state index is -0.990. The van der Waals surface area contributed by atoms with Crippen molar-refractivity contribution in [3.05, 3.63) is 58.9 Å². The number of amides is 1. The summed E-state index contributed by atoms with van der Waals surface area (Å²) in [5, 5.41) is 13.9. The van der Waals surface area contributed by atoms with Gasteiger partial charge >= 0.3 is 5.97 Å². The number of benzene rings is 1. The van der Waals surface area contributed by atoms with Crippen LogP contribution >= 0.6 is 11.3 Å². The molecule has 0 aliphatic rings. The average molecular weight is 369 g/mol. The topological polar surface area (TPSA) is 105 Å². The first-order chi connectivity index (χ1) is 12.4. The number of nitrogens with zero attached hydrogens (tertiary/aromatic N) is 1. The Labute approximate surface area is 154 Å². The van der Waals surface area contributed by atoms with Gasteiger partial charge in [0.1, 0.15) is 0 Å². The number of hydrogen-bond acceptors (Lipinski definition) is 5. The largest absolute Gasteiger partial charge is 0.478 e. The molecule has 1 aromatic carbocycles. The number of rotatable bonds is 5. The van der Waals surface area contributed by atoms with Gasteiger partial charge in [-0.1, -0.05) is 0 Å². The monoisotopic (exact) mass is 369 g/mol. The highest BCUT2D eigenvalue weighted by Gasteiger charge is 2.24. The quantitative estimate of drug-likeness (QED) is 0.640. The van der Waals surface area contributed by atoms with Crippen molar-refractivity contribution >= 4 is 38.3 Å². The molecule has 2 heterocycles. The maximum Gasteiger partial charge on any atom is 0.335 e. The number of nitrogens with two attached hydrogens (primary N) is 1. The van der Waals surface area contributed by atoms with Crippen molar-refractivity contribution in [3.8, 4) is 0 Å². The predicted molar refractivity (Wildman–Crippen MR) is 103 cm³/mol. The zero-order valence-electron chi connectivity index (χ0n) is 14.4. The van der Waals surface area contributed by atoms with Gasteiger partial charge < -0.3 is 16.2 Å². The number of aryl methyl sites for hydroxylation is 2. The van der Waals surface area contributed by atoms with Crippen LogP contribution in [0.3, 0.4) is 0 Å². The number of carboxylic acid groups (broad SMARTS) is 1. The molecule has 1 atom stereocenters. The summed E-state index contributed by atoms with van der Waals surface area (Å²) >= 11 is 1.45. The fraction of sp³-hybridized carbons (Fsp3) is 0.211. The maximum atomic E-state index is 12.8. The lowest BCUT2D eigenvalue weighted by Gasteiger charge is -2.20. The summed E-state index contributed by atoms with van der Waals surface area (Å²) in [5.41, 5.74) is 8.36. The van der Waals surface area contributed by atoms with Crippen LogP contribution in [0.4, 0.5) is 5.00 Å². The SMILES string of the molecule is Cc1cc(C(=O)O)cc(C)c1C(CN)C(=O)Nc1cc2ccncc2s1. The molecule has 7 heteroatoms. The van der Waals surface area contributed by atoms with Crippen molar-refractivity contribution in [2.45, 2.75) is 19.8 Å². The molecule has 26 heavy (non-hydrogen) atoms. The lowest BCUT2D eigenvalue weighted by molar-refractivity contribution is -0.117. The highest BCUT2D eigenvalue weighted by molar-refractivity contribution is 7.22. The van der Waals surface area contributed by atoms with E-state index in [9.17, 15) is 14.7 Å². The van der Waals surface area contributed by atoms with Gasteiger partial charge in [0.05, 0.1) is 21.2 Å². The van der Waals surface area contributed by atoms with E-state index in [-0.39, 0.29) is 18.0 Å². The van der Waals surface area contributed by atoms with Crippen LogP contribution < -0.4 is 11.1 Å². The maximum absolute atomic E-state index is 12.8. The minimum absolute atomic E-state index is 0.131. The molecule has 0 aliphatic carbocycles. The van der Waals surface area contributed by atoms with Gasteiger partial charge in [0, 0.05) is 18.9 Å². The molecule has 4 N–H and O–H groups in total. The fourth-order valence-corrected chi connectivity index (χ4v) is 4.09. The highest BCUT2D eigenvalue weighted by Crippen LogP contribution is 2.31. The van der Waals surface area contributed by atoms with E-state index in [2.05, 4.69) is 10.3 Å². The molecule has 1 amide bonds. The number of nitrogens with one attached hydrogen (secondary N) is 1. The Bertz CT molecular complexity index is 941. The molecule has 1 unspecified atom stereocenters. The summed E-state index contributed by atoms with van der Waals surface area (Å²) in [6, 6.07) is 6.94. The van der Waals surface area contributed by atoms with Crippen molar-refractivity contribution in [1.82, 2.24) is 4.98 Å². The number of fused-ring (bicyclic) bond motifs is 1. The standard InChI is InChI=1S/C19H19N3O3S/c1-10-5-13(19(24)25)6-11(2)17(10)14(8-20)18(23)22-16-7-12-3-4-21-9-15(12)26-16/h3-7,9,14H,8,20H2,1-2H3,(H,22,23)(H,24,25). The van der Waals surface area contributed by atoms with Crippen molar-refractivity contribution in [1.29, 1.82) is 0 Å². The van der Waals surface area contributed by atoms with E-state index >= 15 is 0 Å². The number of carbonyl (C=O) groups excluding carboxylic acids is 1. The van der Waals surface area contributed by atoms with E-state index in [4.69, 9.17) is 5.73 Å². The van der Waals surface area contributed by atoms with Gasteiger partial charge in [-0.05, 0) is 60.2 Å². The molecular formula is C19H19N3O3S. The van der Waals surface area contributed by atoms with E-state index in [0.29, 0.717) is 0 Å². The Morgan fingerprint density at radius 2 is 1.96 bits per heavy atom. The number of carboxylic acids is 1. The Balaban J connectivity index is 1.90. The number of anilines is 1. The number of thiophene rings is 1. The Hall–Kier alpha value is -2.77. The summed E-state index contributed by atoms with van der Waals surface area (Å²) in [6.07, 6.45) is 3.47. The van der Waals surface area contributed by atoms with Gasteiger partial charge in [0.2, 0.25) is 5.91 Å². The fourth-order valence-electron chi connectivity index (χ4n) is 3.16. The first-order valence-corrected chi connectivity index (χ1v) is 8.91. The van der Waals surface area contributed by atoms with Crippen molar-refractivity contribution in [2.75, 3.05) is 11.9 Å². The van der Waals surface area contributed by atoms with E-state index in [0.717, 1.165) is 31.8 Å². The van der Waals surface area contributed by atoms with E-state index in [1.807, 2.05) is 12.1 Å². The third-order valence-corrected chi connectivity index (χ3v) is 5.31. The smallest absolute Gasteiger partial charge is 0.335 e. The number of aromatic nitrogens is 1. The number of aromatic carboxylic acids is 1. The number of hydrogen-bond donors (Lipinski definition) is 3. The van der Waals surface area contributed by atoms with Gasteiger partial charge in [-0.2, -0.15) is 0 Å². The number of pyridine rings is 1. The van der Waals surface area contributed by atoms with Gasteiger partial charge in [0.25, 0.3) is 0 Å². The summed E-state index contributed by atoms with van der Waals surface area (Å²) in [6.45, 7) is 3.73. The second kappa shape index (κ2) is 7.23. The zero-order chi connectivity index (χ0) is 18.8. The van der Waals surface area contributed by atoms with Crippen LogP contribution in [0.2, 0.25) is 0 Å². The first-order valence-electron chi connectivity index (χ1n) is 8.09. The average Bonchev–Trinajstić information content (AvgIpc) is 2.99. The van der Waals surface area contributed by atoms with E-state index < -0.39 is 11.9 Å². The minimum Gasteiger partial charge on any atom is -0.478 e. The molecule has 0 saturated carbocycles. The number of carbonyl (C=O) groups is 2. The van der Waals surface area contributed by atoms with E-state index in [1.165, 1.54) is 11.3 Å². The summed E-state index contributed by atoms with van der Waals surface area (Å²) in [7, 11) is 0. The third-order valence-electron chi connectivity index (χ3n) is 4.31. The molecule has 3 aromatic rings.